The summed E-state index contributed by atoms with van der Waals surface area (Å²) in [5.41, 5.74) is 2.41. The Labute approximate surface area is 126 Å². The van der Waals surface area contributed by atoms with Crippen LogP contribution in [0.4, 0.5) is 5.69 Å². The maximum Gasteiger partial charge on any atom is 0.270 e. The van der Waals surface area contributed by atoms with E-state index in [1.807, 2.05) is 18.2 Å². The number of rotatable bonds is 6. The van der Waals surface area contributed by atoms with E-state index in [1.54, 1.807) is 6.07 Å². The van der Waals surface area contributed by atoms with Crippen LogP contribution in [0, 0.1) is 10.1 Å². The van der Waals surface area contributed by atoms with E-state index in [-0.39, 0.29) is 5.69 Å². The molecule has 0 aromatic heterocycles. The molecule has 0 bridgehead atoms. The number of nitrogens with one attached hydrogen (secondary N) is 1. The zero-order valence-corrected chi connectivity index (χ0v) is 12.5. The second-order valence-electron chi connectivity index (χ2n) is 4.45. The van der Waals surface area contributed by atoms with Crippen molar-refractivity contribution < 1.29 is 4.92 Å². The first-order chi connectivity index (χ1) is 9.66. The molecule has 0 saturated carbocycles. The SMILES string of the molecule is O=[N+]([O-])c1ccc(CNCCc2ccccc2)c(Br)c1. The number of non-ortho nitro benzene ring substituents is 1. The lowest BCUT2D eigenvalue weighted by atomic mass is 10.1. The van der Waals surface area contributed by atoms with Gasteiger partial charge in [-0.05, 0) is 30.2 Å². The van der Waals surface area contributed by atoms with Crippen LogP contribution in [-0.2, 0) is 13.0 Å². The molecule has 0 unspecified atom stereocenters. The van der Waals surface area contributed by atoms with Gasteiger partial charge in [-0.1, -0.05) is 46.3 Å². The third-order valence-electron chi connectivity index (χ3n) is 3.00. The van der Waals surface area contributed by atoms with Crippen LogP contribution in [0.2, 0.25) is 0 Å². The first kappa shape index (κ1) is 14.7. The minimum absolute atomic E-state index is 0.102. The van der Waals surface area contributed by atoms with Crippen molar-refractivity contribution in [2.45, 2.75) is 13.0 Å². The van der Waals surface area contributed by atoms with Gasteiger partial charge in [-0.2, -0.15) is 0 Å². The second kappa shape index (κ2) is 7.17. The molecule has 20 heavy (non-hydrogen) atoms. The van der Waals surface area contributed by atoms with Crippen LogP contribution in [0.25, 0.3) is 0 Å². The van der Waals surface area contributed by atoms with Crippen LogP contribution in [0.15, 0.2) is 53.0 Å². The molecule has 0 heterocycles. The fraction of sp³-hybridized carbons (Fsp3) is 0.200. The quantitative estimate of drug-likeness (QED) is 0.498. The Hall–Kier alpha value is -1.72. The van der Waals surface area contributed by atoms with E-state index < -0.39 is 4.92 Å². The maximum absolute atomic E-state index is 10.7. The minimum Gasteiger partial charge on any atom is -0.312 e. The standard InChI is InChI=1S/C15H15BrN2O2/c16-15-10-14(18(19)20)7-6-13(15)11-17-9-8-12-4-2-1-3-5-12/h1-7,10,17H,8-9,11H2. The van der Waals surface area contributed by atoms with Crippen molar-refractivity contribution in [1.82, 2.24) is 5.32 Å². The number of halogens is 1. The number of nitrogens with zero attached hydrogens (tertiary/aromatic N) is 1. The normalized spacial score (nSPS) is 10.4. The van der Waals surface area contributed by atoms with Crippen LogP contribution in [0.1, 0.15) is 11.1 Å². The van der Waals surface area contributed by atoms with Crippen molar-refractivity contribution in [2.24, 2.45) is 0 Å². The summed E-state index contributed by atoms with van der Waals surface area (Å²) in [7, 11) is 0. The molecule has 4 nitrogen and oxygen atoms in total. The Morgan fingerprint density at radius 1 is 1.15 bits per heavy atom. The van der Waals surface area contributed by atoms with Crippen LogP contribution in [0.3, 0.4) is 0 Å². The van der Waals surface area contributed by atoms with Crippen LogP contribution in [0.5, 0.6) is 0 Å². The molecule has 0 radical (unpaired) electrons. The third-order valence-corrected chi connectivity index (χ3v) is 3.73. The largest absolute Gasteiger partial charge is 0.312 e. The van der Waals surface area contributed by atoms with Crippen LogP contribution >= 0.6 is 15.9 Å². The molecule has 104 valence electrons. The summed E-state index contributed by atoms with van der Waals surface area (Å²) in [4.78, 5) is 10.3. The number of nitro groups is 1. The predicted octanol–water partition coefficient (Wildman–Crippen LogP) is 3.69. The maximum atomic E-state index is 10.7. The zero-order valence-electron chi connectivity index (χ0n) is 10.9. The Kier molecular flexibility index (Phi) is 5.26. The lowest BCUT2D eigenvalue weighted by Crippen LogP contribution is -2.17. The smallest absolute Gasteiger partial charge is 0.270 e. The summed E-state index contributed by atoms with van der Waals surface area (Å²) in [6.45, 7) is 1.55. The highest BCUT2D eigenvalue weighted by Crippen LogP contribution is 2.22. The highest BCUT2D eigenvalue weighted by atomic mass is 79.9. The fourth-order valence-electron chi connectivity index (χ4n) is 1.89. The summed E-state index contributed by atoms with van der Waals surface area (Å²) in [6, 6.07) is 15.1. The predicted molar refractivity (Wildman–Crippen MR) is 82.6 cm³/mol. The van der Waals surface area contributed by atoms with Gasteiger partial charge in [-0.25, -0.2) is 0 Å². The van der Waals surface area contributed by atoms with Gasteiger partial charge in [-0.3, -0.25) is 10.1 Å². The van der Waals surface area contributed by atoms with Crippen molar-refractivity contribution in [1.29, 1.82) is 0 Å². The number of nitro benzene ring substituents is 1. The Bertz CT molecular complexity index is 588. The van der Waals surface area contributed by atoms with Gasteiger partial charge < -0.3 is 5.32 Å². The Morgan fingerprint density at radius 2 is 1.90 bits per heavy atom. The Balaban J connectivity index is 1.84. The monoisotopic (exact) mass is 334 g/mol. The molecule has 0 spiro atoms. The van der Waals surface area contributed by atoms with Crippen LogP contribution in [-0.4, -0.2) is 11.5 Å². The first-order valence-electron chi connectivity index (χ1n) is 6.34. The van der Waals surface area contributed by atoms with E-state index in [9.17, 15) is 10.1 Å². The molecule has 0 amide bonds. The van der Waals surface area contributed by atoms with Gasteiger partial charge in [0.15, 0.2) is 0 Å². The Morgan fingerprint density at radius 3 is 2.55 bits per heavy atom. The van der Waals surface area contributed by atoms with Gasteiger partial charge in [0.1, 0.15) is 0 Å². The van der Waals surface area contributed by atoms with E-state index in [0.717, 1.165) is 23.0 Å². The van der Waals surface area contributed by atoms with Crippen molar-refractivity contribution in [3.05, 3.63) is 74.2 Å². The van der Waals surface area contributed by atoms with E-state index >= 15 is 0 Å². The van der Waals surface area contributed by atoms with E-state index in [1.165, 1.54) is 17.7 Å². The molecule has 2 aromatic rings. The molecule has 0 saturated heterocycles. The average molecular weight is 335 g/mol. The molecule has 2 rings (SSSR count). The summed E-state index contributed by atoms with van der Waals surface area (Å²) in [5, 5.41) is 14.0. The van der Waals surface area contributed by atoms with E-state index in [0.29, 0.717) is 6.54 Å². The average Bonchev–Trinajstić information content (AvgIpc) is 2.46. The number of hydrogen-bond acceptors (Lipinski definition) is 3. The number of benzene rings is 2. The highest BCUT2D eigenvalue weighted by molar-refractivity contribution is 9.10. The van der Waals surface area contributed by atoms with Gasteiger partial charge in [0.2, 0.25) is 0 Å². The van der Waals surface area contributed by atoms with Crippen molar-refractivity contribution in [2.75, 3.05) is 6.54 Å². The summed E-state index contributed by atoms with van der Waals surface area (Å²) in [6.07, 6.45) is 0.964. The summed E-state index contributed by atoms with van der Waals surface area (Å²) < 4.78 is 0.763. The molecular weight excluding hydrogens is 320 g/mol. The van der Waals surface area contributed by atoms with Crippen LogP contribution < -0.4 is 5.32 Å². The van der Waals surface area contributed by atoms with E-state index in [4.69, 9.17) is 0 Å². The zero-order chi connectivity index (χ0) is 14.4. The molecule has 0 fully saturated rings. The molecule has 1 N–H and O–H groups in total. The summed E-state index contributed by atoms with van der Waals surface area (Å²) in [5.74, 6) is 0. The molecule has 0 atom stereocenters. The summed E-state index contributed by atoms with van der Waals surface area (Å²) >= 11 is 3.37. The fourth-order valence-corrected chi connectivity index (χ4v) is 2.40. The van der Waals surface area contributed by atoms with E-state index in [2.05, 4.69) is 33.4 Å². The van der Waals surface area contributed by atoms with Crippen molar-refractivity contribution in [3.63, 3.8) is 0 Å². The topological polar surface area (TPSA) is 55.2 Å². The molecule has 0 aliphatic heterocycles. The molecule has 0 aliphatic carbocycles. The van der Waals surface area contributed by atoms with Gasteiger partial charge in [0, 0.05) is 23.2 Å². The molecule has 0 aliphatic rings. The van der Waals surface area contributed by atoms with Gasteiger partial charge in [0.05, 0.1) is 4.92 Å². The lowest BCUT2D eigenvalue weighted by Gasteiger charge is -2.07. The first-order valence-corrected chi connectivity index (χ1v) is 7.13. The lowest BCUT2D eigenvalue weighted by molar-refractivity contribution is -0.384. The number of hydrogen-bond donors (Lipinski definition) is 1. The third kappa shape index (κ3) is 4.15. The minimum atomic E-state index is -0.391. The van der Waals surface area contributed by atoms with Crippen molar-refractivity contribution in [3.8, 4) is 0 Å². The van der Waals surface area contributed by atoms with Gasteiger partial charge >= 0.3 is 0 Å². The van der Waals surface area contributed by atoms with Crippen molar-refractivity contribution >= 4 is 21.6 Å². The highest BCUT2D eigenvalue weighted by Gasteiger charge is 2.08. The van der Waals surface area contributed by atoms with Gasteiger partial charge in [-0.15, -0.1) is 0 Å². The van der Waals surface area contributed by atoms with Gasteiger partial charge in [0.25, 0.3) is 5.69 Å². The second-order valence-corrected chi connectivity index (χ2v) is 5.30. The molecule has 5 heteroatoms. The molecular formula is C15H15BrN2O2. The molecule has 2 aromatic carbocycles.